The predicted octanol–water partition coefficient (Wildman–Crippen LogP) is 1.76. The van der Waals surface area contributed by atoms with Gasteiger partial charge in [-0.05, 0) is 36.3 Å². The highest BCUT2D eigenvalue weighted by Gasteiger charge is 2.43. The zero-order valence-corrected chi connectivity index (χ0v) is 9.73. The van der Waals surface area contributed by atoms with Crippen LogP contribution < -0.4 is 5.32 Å². The third-order valence-electron chi connectivity index (χ3n) is 3.65. The Morgan fingerprint density at radius 3 is 2.75 bits per heavy atom. The number of rotatable bonds is 0. The molecule has 1 aromatic heterocycles. The van der Waals surface area contributed by atoms with Crippen molar-refractivity contribution in [3.63, 3.8) is 0 Å². The maximum atomic E-state index is 11.6. The number of carbonyl (C=O) groups excluding carboxylic acids is 2. The number of carbonyl (C=O) groups is 2. The number of hydrogen-bond acceptors (Lipinski definition) is 3. The third kappa shape index (κ3) is 1.40. The molecule has 4 heteroatoms. The van der Waals surface area contributed by atoms with Crippen molar-refractivity contribution in [1.29, 1.82) is 0 Å². The molecule has 0 aromatic carbocycles. The van der Waals surface area contributed by atoms with Gasteiger partial charge in [-0.2, -0.15) is 0 Å². The zero-order chi connectivity index (χ0) is 11.2. The maximum Gasteiger partial charge on any atom is 0.227 e. The van der Waals surface area contributed by atoms with Crippen LogP contribution in [0.15, 0.2) is 11.4 Å². The largest absolute Gasteiger partial charge is 0.296 e. The number of imide groups is 1. The molecular formula is C12H13NO2S. The van der Waals surface area contributed by atoms with E-state index in [1.165, 1.54) is 10.4 Å². The lowest BCUT2D eigenvalue weighted by atomic mass is 9.67. The van der Waals surface area contributed by atoms with Gasteiger partial charge in [0.1, 0.15) is 0 Å². The van der Waals surface area contributed by atoms with E-state index in [1.54, 1.807) is 11.3 Å². The van der Waals surface area contributed by atoms with Crippen LogP contribution in [0.5, 0.6) is 0 Å². The molecule has 1 fully saturated rings. The summed E-state index contributed by atoms with van der Waals surface area (Å²) in [6.07, 6.45) is 4.11. The summed E-state index contributed by atoms with van der Waals surface area (Å²) in [7, 11) is 0. The summed E-state index contributed by atoms with van der Waals surface area (Å²) >= 11 is 1.75. The Labute approximate surface area is 97.9 Å². The first-order valence-electron chi connectivity index (χ1n) is 5.59. The zero-order valence-electron chi connectivity index (χ0n) is 8.91. The monoisotopic (exact) mass is 235 g/mol. The van der Waals surface area contributed by atoms with E-state index in [1.807, 2.05) is 0 Å². The van der Waals surface area contributed by atoms with Gasteiger partial charge in [-0.25, -0.2) is 0 Å². The lowest BCUT2D eigenvalue weighted by Gasteiger charge is -2.39. The van der Waals surface area contributed by atoms with E-state index in [4.69, 9.17) is 0 Å². The Hall–Kier alpha value is -1.16. The van der Waals surface area contributed by atoms with Crippen molar-refractivity contribution < 1.29 is 9.59 Å². The smallest absolute Gasteiger partial charge is 0.227 e. The van der Waals surface area contributed by atoms with Gasteiger partial charge in [-0.15, -0.1) is 11.3 Å². The molecule has 1 saturated heterocycles. The normalized spacial score (nSPS) is 23.0. The minimum absolute atomic E-state index is 0.115. The van der Waals surface area contributed by atoms with E-state index >= 15 is 0 Å². The molecule has 0 saturated carbocycles. The van der Waals surface area contributed by atoms with E-state index in [0.717, 1.165) is 19.3 Å². The van der Waals surface area contributed by atoms with Crippen LogP contribution >= 0.6 is 11.3 Å². The van der Waals surface area contributed by atoms with Crippen LogP contribution in [-0.2, 0) is 21.4 Å². The van der Waals surface area contributed by atoms with Crippen molar-refractivity contribution in [2.45, 2.75) is 37.5 Å². The molecule has 2 amide bonds. The fourth-order valence-electron chi connectivity index (χ4n) is 3.02. The predicted molar refractivity (Wildman–Crippen MR) is 61.3 cm³/mol. The molecule has 1 aliphatic heterocycles. The van der Waals surface area contributed by atoms with Gasteiger partial charge in [0.2, 0.25) is 11.8 Å². The maximum absolute atomic E-state index is 11.6. The summed E-state index contributed by atoms with van der Waals surface area (Å²) in [5.41, 5.74) is 1.07. The van der Waals surface area contributed by atoms with Crippen molar-refractivity contribution in [2.24, 2.45) is 0 Å². The molecular weight excluding hydrogens is 222 g/mol. The Morgan fingerprint density at radius 1 is 1.25 bits per heavy atom. The lowest BCUT2D eigenvalue weighted by Crippen LogP contribution is -2.48. The number of aryl methyl sites for hydroxylation is 1. The van der Waals surface area contributed by atoms with Crippen molar-refractivity contribution >= 4 is 23.2 Å². The van der Waals surface area contributed by atoms with Gasteiger partial charge in [0.25, 0.3) is 0 Å². The van der Waals surface area contributed by atoms with Crippen molar-refractivity contribution in [3.05, 3.63) is 21.9 Å². The SMILES string of the molecule is O=C1CC2(CCCc3sccc32)CC(=O)N1. The Kier molecular flexibility index (Phi) is 2.14. The average molecular weight is 235 g/mol. The molecule has 1 aliphatic carbocycles. The molecule has 0 unspecified atom stereocenters. The van der Waals surface area contributed by atoms with Crippen LogP contribution in [0.3, 0.4) is 0 Å². The minimum atomic E-state index is -0.188. The van der Waals surface area contributed by atoms with E-state index in [-0.39, 0.29) is 17.2 Å². The minimum Gasteiger partial charge on any atom is -0.296 e. The molecule has 0 atom stereocenters. The molecule has 1 spiro atoms. The van der Waals surface area contributed by atoms with Crippen molar-refractivity contribution in [3.8, 4) is 0 Å². The average Bonchev–Trinajstić information content (AvgIpc) is 2.65. The first kappa shape index (κ1) is 10.0. The lowest BCUT2D eigenvalue weighted by molar-refractivity contribution is -0.136. The standard InChI is InChI=1S/C12H13NO2S/c14-10-6-12(7-11(15)13-10)4-1-2-9-8(12)3-5-16-9/h3,5H,1-2,4,6-7H2,(H,13,14,15). The van der Waals surface area contributed by atoms with Gasteiger partial charge in [0.15, 0.2) is 0 Å². The number of fused-ring (bicyclic) bond motifs is 2. The summed E-state index contributed by atoms with van der Waals surface area (Å²) in [5, 5.41) is 4.48. The number of nitrogens with one attached hydrogen (secondary N) is 1. The highest BCUT2D eigenvalue weighted by atomic mass is 32.1. The topological polar surface area (TPSA) is 46.2 Å². The van der Waals surface area contributed by atoms with Gasteiger partial charge in [0.05, 0.1) is 0 Å². The van der Waals surface area contributed by atoms with Gasteiger partial charge < -0.3 is 0 Å². The molecule has 1 aromatic rings. The molecule has 3 nitrogen and oxygen atoms in total. The van der Waals surface area contributed by atoms with E-state index < -0.39 is 0 Å². The summed E-state index contributed by atoms with van der Waals surface area (Å²) in [6.45, 7) is 0. The van der Waals surface area contributed by atoms with Crippen LogP contribution in [0, 0.1) is 0 Å². The summed E-state index contributed by atoms with van der Waals surface area (Å²) in [4.78, 5) is 24.5. The second-order valence-corrected chi connectivity index (χ2v) is 5.72. The van der Waals surface area contributed by atoms with Gasteiger partial charge in [-0.3, -0.25) is 14.9 Å². The number of hydrogen-bond donors (Lipinski definition) is 1. The first-order chi connectivity index (χ1) is 7.70. The Balaban J connectivity index is 2.06. The third-order valence-corrected chi connectivity index (χ3v) is 4.63. The van der Waals surface area contributed by atoms with Crippen LogP contribution in [0.2, 0.25) is 0 Å². The second-order valence-electron chi connectivity index (χ2n) is 4.72. The van der Waals surface area contributed by atoms with Crippen LogP contribution in [0.25, 0.3) is 0 Å². The molecule has 2 heterocycles. The van der Waals surface area contributed by atoms with Gasteiger partial charge in [0, 0.05) is 23.1 Å². The number of amides is 2. The van der Waals surface area contributed by atoms with E-state index in [0.29, 0.717) is 12.8 Å². The van der Waals surface area contributed by atoms with Crippen LogP contribution in [-0.4, -0.2) is 11.8 Å². The highest BCUT2D eigenvalue weighted by Crippen LogP contribution is 2.45. The molecule has 0 bridgehead atoms. The fourth-order valence-corrected chi connectivity index (χ4v) is 4.06. The number of piperidine rings is 1. The molecule has 2 aliphatic rings. The Morgan fingerprint density at radius 2 is 2.00 bits per heavy atom. The Bertz CT molecular complexity index is 447. The molecule has 1 N–H and O–H groups in total. The van der Waals surface area contributed by atoms with Crippen LogP contribution in [0.4, 0.5) is 0 Å². The van der Waals surface area contributed by atoms with Crippen LogP contribution in [0.1, 0.15) is 36.1 Å². The second kappa shape index (κ2) is 3.42. The van der Waals surface area contributed by atoms with Gasteiger partial charge in [-0.1, -0.05) is 0 Å². The molecule has 3 rings (SSSR count). The quantitative estimate of drug-likeness (QED) is 0.696. The summed E-state index contributed by atoms with van der Waals surface area (Å²) in [6, 6.07) is 2.10. The first-order valence-corrected chi connectivity index (χ1v) is 6.47. The summed E-state index contributed by atoms with van der Waals surface area (Å²) in [5.74, 6) is -0.231. The van der Waals surface area contributed by atoms with Crippen molar-refractivity contribution in [2.75, 3.05) is 0 Å². The van der Waals surface area contributed by atoms with Crippen molar-refractivity contribution in [1.82, 2.24) is 5.32 Å². The highest BCUT2D eigenvalue weighted by molar-refractivity contribution is 7.10. The van der Waals surface area contributed by atoms with E-state index in [2.05, 4.69) is 16.8 Å². The summed E-state index contributed by atoms with van der Waals surface area (Å²) < 4.78 is 0. The number of thiophene rings is 1. The van der Waals surface area contributed by atoms with E-state index in [9.17, 15) is 9.59 Å². The molecule has 84 valence electrons. The molecule has 16 heavy (non-hydrogen) atoms. The van der Waals surface area contributed by atoms with Gasteiger partial charge >= 0.3 is 0 Å². The fraction of sp³-hybridized carbons (Fsp3) is 0.500. The molecule has 0 radical (unpaired) electrons.